The Morgan fingerprint density at radius 3 is 2.71 bits per heavy atom. The minimum Gasteiger partial charge on any atom is -0.478 e. The van der Waals surface area contributed by atoms with Gasteiger partial charge >= 0.3 is 5.97 Å². The van der Waals surface area contributed by atoms with Crippen molar-refractivity contribution in [2.75, 3.05) is 11.9 Å². The number of amidine groups is 1. The second kappa shape index (κ2) is 6.37. The molecule has 1 aliphatic rings. The molecule has 24 heavy (non-hydrogen) atoms. The molecule has 122 valence electrons. The van der Waals surface area contributed by atoms with Crippen molar-refractivity contribution in [2.24, 2.45) is 4.99 Å². The summed E-state index contributed by atoms with van der Waals surface area (Å²) in [6.45, 7) is 1.82. The Morgan fingerprint density at radius 2 is 2.04 bits per heavy atom. The Bertz CT molecular complexity index is 882. The van der Waals surface area contributed by atoms with Crippen molar-refractivity contribution in [1.29, 1.82) is 0 Å². The maximum absolute atomic E-state index is 12.1. The quantitative estimate of drug-likeness (QED) is 0.861. The van der Waals surface area contributed by atoms with Crippen LogP contribution in [0.1, 0.15) is 21.9 Å². The number of hydrogen-bond acceptors (Lipinski definition) is 5. The fourth-order valence-electron chi connectivity index (χ4n) is 2.25. The Kier molecular flexibility index (Phi) is 4.26. The smallest absolute Gasteiger partial charge is 0.337 e. The van der Waals surface area contributed by atoms with E-state index in [1.165, 1.54) is 17.8 Å². The van der Waals surface area contributed by atoms with E-state index in [1.54, 1.807) is 42.3 Å². The first-order chi connectivity index (χ1) is 11.5. The maximum Gasteiger partial charge on any atom is 0.337 e. The van der Waals surface area contributed by atoms with E-state index in [9.17, 15) is 14.7 Å². The molecule has 0 fully saturated rings. The number of benzene rings is 1. The number of carbonyl (C=O) groups is 2. The van der Waals surface area contributed by atoms with Gasteiger partial charge in [0.1, 0.15) is 11.5 Å². The molecule has 7 heteroatoms. The van der Waals surface area contributed by atoms with E-state index in [-0.39, 0.29) is 11.5 Å². The van der Waals surface area contributed by atoms with E-state index in [0.29, 0.717) is 21.5 Å². The van der Waals surface area contributed by atoms with Crippen LogP contribution in [0.4, 0.5) is 5.69 Å². The molecule has 0 saturated carbocycles. The number of rotatable bonds is 3. The van der Waals surface area contributed by atoms with Crippen LogP contribution in [0, 0.1) is 6.92 Å². The summed E-state index contributed by atoms with van der Waals surface area (Å²) in [7, 11) is 1.68. The molecule has 0 bridgehead atoms. The zero-order valence-corrected chi connectivity index (χ0v) is 13.8. The van der Waals surface area contributed by atoms with Gasteiger partial charge in [0.15, 0.2) is 5.17 Å². The minimum atomic E-state index is -1.03. The fourth-order valence-corrected chi connectivity index (χ4v) is 3.12. The Labute approximate surface area is 142 Å². The van der Waals surface area contributed by atoms with Crippen LogP contribution in [0.15, 0.2) is 50.7 Å². The number of nitrogens with zero attached hydrogens (tertiary/aromatic N) is 2. The van der Waals surface area contributed by atoms with Crippen molar-refractivity contribution in [2.45, 2.75) is 6.92 Å². The zero-order chi connectivity index (χ0) is 17.3. The van der Waals surface area contributed by atoms with Crippen LogP contribution in [0.25, 0.3) is 6.08 Å². The molecule has 2 aromatic rings. The SMILES string of the molecule is Cc1ccc(/C=C2/SC(N(C)c3ccccc3C(=O)O)=NC2=O)o1. The van der Waals surface area contributed by atoms with Gasteiger partial charge in [0.2, 0.25) is 0 Å². The molecule has 6 nitrogen and oxygen atoms in total. The summed E-state index contributed by atoms with van der Waals surface area (Å²) in [5.74, 6) is -0.0720. The Hall–Kier alpha value is -2.80. The van der Waals surface area contributed by atoms with Crippen molar-refractivity contribution >= 4 is 40.6 Å². The first-order valence-corrected chi connectivity index (χ1v) is 7.92. The Morgan fingerprint density at radius 1 is 1.29 bits per heavy atom. The summed E-state index contributed by atoms with van der Waals surface area (Å²) in [6, 6.07) is 10.2. The molecule has 3 rings (SSSR count). The van der Waals surface area contributed by atoms with Gasteiger partial charge in [-0.3, -0.25) is 4.79 Å². The second-order valence-electron chi connectivity index (χ2n) is 5.14. The van der Waals surface area contributed by atoms with Gasteiger partial charge in [0.25, 0.3) is 5.91 Å². The standard InChI is InChI=1S/C17H14N2O4S/c1-10-7-8-11(23-10)9-14-15(20)18-17(24-14)19(2)13-6-4-3-5-12(13)16(21)22/h3-9H,1-2H3,(H,21,22)/b14-9+. The predicted molar refractivity (Wildman–Crippen MR) is 93.3 cm³/mol. The van der Waals surface area contributed by atoms with E-state index in [1.807, 2.05) is 13.0 Å². The number of amides is 1. The van der Waals surface area contributed by atoms with Crippen LogP contribution in [-0.4, -0.2) is 29.2 Å². The number of para-hydroxylation sites is 1. The van der Waals surface area contributed by atoms with Crippen molar-refractivity contribution in [3.8, 4) is 0 Å². The number of furan rings is 1. The van der Waals surface area contributed by atoms with Gasteiger partial charge in [-0.05, 0) is 43.0 Å². The molecule has 2 heterocycles. The van der Waals surface area contributed by atoms with Crippen molar-refractivity contribution < 1.29 is 19.1 Å². The molecule has 0 spiro atoms. The van der Waals surface area contributed by atoms with Gasteiger partial charge < -0.3 is 14.4 Å². The van der Waals surface area contributed by atoms with E-state index >= 15 is 0 Å². The number of aryl methyl sites for hydroxylation is 1. The predicted octanol–water partition coefficient (Wildman–Crippen LogP) is 3.39. The third kappa shape index (κ3) is 3.11. The number of aromatic carboxylic acids is 1. The molecule has 1 aromatic heterocycles. The van der Waals surface area contributed by atoms with Crippen LogP contribution < -0.4 is 4.90 Å². The number of aliphatic imine (C=N–C) groups is 1. The molecule has 1 aliphatic heterocycles. The highest BCUT2D eigenvalue weighted by molar-refractivity contribution is 8.18. The molecule has 1 N–H and O–H groups in total. The van der Waals surface area contributed by atoms with Crippen LogP contribution in [0.2, 0.25) is 0 Å². The van der Waals surface area contributed by atoms with Gasteiger partial charge in [-0.2, -0.15) is 4.99 Å². The molecule has 1 amide bonds. The average molecular weight is 342 g/mol. The average Bonchev–Trinajstić information content (AvgIpc) is 3.13. The summed E-state index contributed by atoms with van der Waals surface area (Å²) in [5.41, 5.74) is 0.619. The van der Waals surface area contributed by atoms with Crippen LogP contribution in [0.3, 0.4) is 0 Å². The Balaban J connectivity index is 1.87. The van der Waals surface area contributed by atoms with Crippen molar-refractivity contribution in [3.63, 3.8) is 0 Å². The largest absolute Gasteiger partial charge is 0.478 e. The number of thioether (sulfide) groups is 1. The molecule has 1 aromatic carbocycles. The molecule has 0 atom stereocenters. The van der Waals surface area contributed by atoms with Crippen LogP contribution >= 0.6 is 11.8 Å². The molecule has 0 saturated heterocycles. The first-order valence-electron chi connectivity index (χ1n) is 7.11. The zero-order valence-electron chi connectivity index (χ0n) is 13.0. The lowest BCUT2D eigenvalue weighted by molar-refractivity contribution is -0.113. The van der Waals surface area contributed by atoms with Gasteiger partial charge in [-0.15, -0.1) is 0 Å². The monoisotopic (exact) mass is 342 g/mol. The van der Waals surface area contributed by atoms with Crippen LogP contribution in [-0.2, 0) is 4.79 Å². The van der Waals surface area contributed by atoms with E-state index < -0.39 is 5.97 Å². The lowest BCUT2D eigenvalue weighted by Gasteiger charge is -2.19. The summed E-state index contributed by atoms with van der Waals surface area (Å²) in [5, 5.41) is 9.71. The summed E-state index contributed by atoms with van der Waals surface area (Å²) in [6.07, 6.45) is 1.63. The molecular formula is C17H14N2O4S. The third-order valence-corrected chi connectivity index (χ3v) is 4.49. The molecular weight excluding hydrogens is 328 g/mol. The van der Waals surface area contributed by atoms with E-state index in [2.05, 4.69) is 4.99 Å². The van der Waals surface area contributed by atoms with Crippen molar-refractivity contribution in [1.82, 2.24) is 0 Å². The lowest BCUT2D eigenvalue weighted by Crippen LogP contribution is -2.24. The van der Waals surface area contributed by atoms with E-state index in [4.69, 9.17) is 4.42 Å². The van der Waals surface area contributed by atoms with Gasteiger partial charge in [-0.25, -0.2) is 4.79 Å². The van der Waals surface area contributed by atoms with Gasteiger partial charge in [0.05, 0.1) is 16.2 Å². The number of carbonyl (C=O) groups excluding carboxylic acids is 1. The normalized spacial score (nSPS) is 15.7. The first kappa shape index (κ1) is 16.1. The maximum atomic E-state index is 12.1. The lowest BCUT2D eigenvalue weighted by atomic mass is 10.1. The van der Waals surface area contributed by atoms with Crippen molar-refractivity contribution in [3.05, 3.63) is 58.4 Å². The number of carboxylic acids is 1. The number of anilines is 1. The summed E-state index contributed by atoms with van der Waals surface area (Å²) >= 11 is 1.18. The summed E-state index contributed by atoms with van der Waals surface area (Å²) in [4.78, 5) is 29.5. The fraction of sp³-hybridized carbons (Fsp3) is 0.118. The number of carboxylic acid groups (broad SMARTS) is 1. The molecule has 0 aliphatic carbocycles. The van der Waals surface area contributed by atoms with Crippen LogP contribution in [0.5, 0.6) is 0 Å². The second-order valence-corrected chi connectivity index (χ2v) is 6.15. The number of hydrogen-bond donors (Lipinski definition) is 1. The summed E-state index contributed by atoms with van der Waals surface area (Å²) < 4.78 is 5.44. The molecule has 0 radical (unpaired) electrons. The minimum absolute atomic E-state index is 0.148. The van der Waals surface area contributed by atoms with Gasteiger partial charge in [0, 0.05) is 13.1 Å². The highest BCUT2D eigenvalue weighted by Gasteiger charge is 2.27. The topological polar surface area (TPSA) is 83.1 Å². The molecule has 0 unspecified atom stereocenters. The van der Waals surface area contributed by atoms with Gasteiger partial charge in [-0.1, -0.05) is 12.1 Å². The highest BCUT2D eigenvalue weighted by atomic mass is 32.2. The highest BCUT2D eigenvalue weighted by Crippen LogP contribution is 2.33. The van der Waals surface area contributed by atoms with E-state index in [0.717, 1.165) is 5.76 Å². The third-order valence-electron chi connectivity index (χ3n) is 3.43.